The zero-order chi connectivity index (χ0) is 19.6. The Bertz CT molecular complexity index is 979. The number of hydrogen-bond donors (Lipinski definition) is 4. The summed E-state index contributed by atoms with van der Waals surface area (Å²) in [5, 5.41) is 10.4. The summed E-state index contributed by atoms with van der Waals surface area (Å²) in [6.07, 6.45) is 5.20. The lowest BCUT2D eigenvalue weighted by Gasteiger charge is -2.37. The molecular formula is C16H22IN7O2S. The van der Waals surface area contributed by atoms with Crippen LogP contribution in [0.1, 0.15) is 26.7 Å². The van der Waals surface area contributed by atoms with Gasteiger partial charge in [-0.3, -0.25) is 19.9 Å². The number of nitrogens with zero attached hydrogens (tertiary/aromatic N) is 3. The van der Waals surface area contributed by atoms with E-state index in [4.69, 9.17) is 0 Å². The highest BCUT2D eigenvalue weighted by Gasteiger charge is 2.37. The number of aromatic nitrogens is 4. The van der Waals surface area contributed by atoms with E-state index in [9.17, 15) is 9.00 Å². The van der Waals surface area contributed by atoms with Crippen molar-refractivity contribution in [2.24, 2.45) is 4.99 Å². The molecule has 0 aromatic carbocycles. The van der Waals surface area contributed by atoms with E-state index in [2.05, 4.69) is 35.2 Å². The molecule has 3 rings (SSSR count). The summed E-state index contributed by atoms with van der Waals surface area (Å²) in [4.78, 5) is 23.2. The Morgan fingerprint density at radius 1 is 1.48 bits per heavy atom. The molecule has 1 aliphatic heterocycles. The lowest BCUT2D eigenvalue weighted by atomic mass is 9.93. The van der Waals surface area contributed by atoms with Gasteiger partial charge in [-0.15, -0.1) is 0 Å². The summed E-state index contributed by atoms with van der Waals surface area (Å²) >= 11 is 2.01. The van der Waals surface area contributed by atoms with E-state index in [1.54, 1.807) is 13.3 Å². The second-order valence-electron chi connectivity index (χ2n) is 6.76. The molecule has 9 nitrogen and oxygen atoms in total. The molecule has 2 aromatic rings. The lowest BCUT2D eigenvalue weighted by Crippen LogP contribution is -2.49. The highest BCUT2D eigenvalue weighted by Crippen LogP contribution is 2.31. The molecule has 1 saturated heterocycles. The maximum atomic E-state index is 12.5. The maximum Gasteiger partial charge on any atom is 0.264 e. The summed E-state index contributed by atoms with van der Waals surface area (Å²) in [7, 11) is 0.539. The molecule has 2 aromatic heterocycles. The van der Waals surface area contributed by atoms with Crippen LogP contribution in [0.5, 0.6) is 0 Å². The van der Waals surface area contributed by atoms with Gasteiger partial charge in [0.1, 0.15) is 20.1 Å². The standard InChI is InChI=1S/C16H22IN7O2S/c1-16(2)9(4-6-18-3)8-10(24-27(16)26)5-7-19-15-20-13-11(14(25)21-15)12(17)22-23-13/h4,6,10,24H,5,7-8H2,1-3H3,(H3,19,20,21,22,23,25)/b9-4+,18-6?/t10-,27?/m0/s1. The van der Waals surface area contributed by atoms with Crippen LogP contribution in [0.25, 0.3) is 11.0 Å². The maximum absolute atomic E-state index is 12.5. The molecule has 27 heavy (non-hydrogen) atoms. The number of aromatic amines is 2. The molecule has 1 fully saturated rings. The Hall–Kier alpha value is -1.60. The van der Waals surface area contributed by atoms with Gasteiger partial charge in [-0.1, -0.05) is 0 Å². The van der Waals surface area contributed by atoms with Crippen LogP contribution in [-0.4, -0.2) is 55.0 Å². The molecule has 11 heteroatoms. The van der Waals surface area contributed by atoms with Gasteiger partial charge in [-0.25, -0.2) is 8.93 Å². The van der Waals surface area contributed by atoms with E-state index in [-0.39, 0.29) is 11.6 Å². The average molecular weight is 503 g/mol. The normalized spacial score (nSPS) is 24.1. The number of allylic oxidation sites excluding steroid dienone is 1. The molecule has 0 spiro atoms. The molecule has 0 bridgehead atoms. The molecule has 146 valence electrons. The molecule has 1 aliphatic rings. The molecule has 1 unspecified atom stereocenters. The van der Waals surface area contributed by atoms with Crippen molar-refractivity contribution in [1.29, 1.82) is 0 Å². The number of fused-ring (bicyclic) bond motifs is 1. The third kappa shape index (κ3) is 4.29. The third-order valence-corrected chi connectivity index (χ3v) is 7.08. The smallest absolute Gasteiger partial charge is 0.264 e. The van der Waals surface area contributed by atoms with Crippen molar-refractivity contribution in [3.8, 4) is 0 Å². The topological polar surface area (TPSA) is 128 Å². The van der Waals surface area contributed by atoms with Crippen molar-refractivity contribution in [2.45, 2.75) is 37.5 Å². The molecule has 0 aliphatic carbocycles. The van der Waals surface area contributed by atoms with Crippen molar-refractivity contribution in [3.63, 3.8) is 0 Å². The summed E-state index contributed by atoms with van der Waals surface area (Å²) < 4.78 is 16.0. The van der Waals surface area contributed by atoms with Crippen molar-refractivity contribution in [2.75, 3.05) is 18.9 Å². The average Bonchev–Trinajstić information content (AvgIpc) is 2.98. The summed E-state index contributed by atoms with van der Waals surface area (Å²) in [5.41, 5.74) is 1.26. The number of rotatable bonds is 5. The van der Waals surface area contributed by atoms with Gasteiger partial charge in [0.25, 0.3) is 5.56 Å². The van der Waals surface area contributed by atoms with E-state index in [1.165, 1.54) is 0 Å². The van der Waals surface area contributed by atoms with Crippen LogP contribution in [-0.2, 0) is 11.0 Å². The number of anilines is 1. The van der Waals surface area contributed by atoms with Gasteiger partial charge in [-0.05, 0) is 60.9 Å². The van der Waals surface area contributed by atoms with E-state index >= 15 is 0 Å². The highest BCUT2D eigenvalue weighted by atomic mass is 127. The Morgan fingerprint density at radius 3 is 3.00 bits per heavy atom. The van der Waals surface area contributed by atoms with Crippen molar-refractivity contribution < 1.29 is 4.21 Å². The number of H-pyrrole nitrogens is 2. The van der Waals surface area contributed by atoms with E-state index in [1.807, 2.05) is 42.5 Å². The van der Waals surface area contributed by atoms with Gasteiger partial charge in [0.15, 0.2) is 5.65 Å². The van der Waals surface area contributed by atoms with Gasteiger partial charge in [-0.2, -0.15) is 10.1 Å². The van der Waals surface area contributed by atoms with Crippen molar-refractivity contribution in [1.82, 2.24) is 24.9 Å². The molecule has 3 heterocycles. The summed E-state index contributed by atoms with van der Waals surface area (Å²) in [6, 6.07) is 0.0599. The Kier molecular flexibility index (Phi) is 6.11. The van der Waals surface area contributed by atoms with E-state index in [0.717, 1.165) is 18.4 Å². The molecule has 2 atom stereocenters. The molecular weight excluding hydrogens is 481 g/mol. The monoisotopic (exact) mass is 503 g/mol. The van der Waals surface area contributed by atoms with Gasteiger partial charge in [0, 0.05) is 25.8 Å². The van der Waals surface area contributed by atoms with Crippen LogP contribution in [0.4, 0.5) is 5.95 Å². The molecule has 4 N–H and O–H groups in total. The minimum absolute atomic E-state index is 0.0599. The quantitative estimate of drug-likeness (QED) is 0.363. The summed E-state index contributed by atoms with van der Waals surface area (Å²) in [6.45, 7) is 4.50. The van der Waals surface area contributed by atoms with Crippen LogP contribution < -0.4 is 15.6 Å². The lowest BCUT2D eigenvalue weighted by molar-refractivity contribution is 0.512. The van der Waals surface area contributed by atoms with Gasteiger partial charge in [0.05, 0.1) is 4.75 Å². The van der Waals surface area contributed by atoms with Gasteiger partial charge < -0.3 is 5.32 Å². The first-order chi connectivity index (χ1) is 12.8. The second kappa shape index (κ2) is 8.19. The fourth-order valence-corrected chi connectivity index (χ4v) is 4.71. The Balaban J connectivity index is 1.65. The van der Waals surface area contributed by atoms with Crippen LogP contribution in [0.3, 0.4) is 0 Å². The van der Waals surface area contributed by atoms with Crippen LogP contribution >= 0.6 is 22.6 Å². The minimum atomic E-state index is -1.18. The fraction of sp³-hybridized carbons (Fsp3) is 0.500. The highest BCUT2D eigenvalue weighted by molar-refractivity contribution is 14.1. The first-order valence-electron chi connectivity index (χ1n) is 8.50. The molecule has 0 amide bonds. The third-order valence-electron chi connectivity index (χ3n) is 4.57. The second-order valence-corrected chi connectivity index (χ2v) is 9.64. The fourth-order valence-electron chi connectivity index (χ4n) is 2.91. The van der Waals surface area contributed by atoms with Crippen molar-refractivity contribution >= 4 is 56.8 Å². The predicted molar refractivity (Wildman–Crippen MR) is 117 cm³/mol. The van der Waals surface area contributed by atoms with E-state index < -0.39 is 15.7 Å². The number of nitrogens with one attached hydrogen (secondary N) is 4. The van der Waals surface area contributed by atoms with Crippen LogP contribution in [0.15, 0.2) is 21.4 Å². The van der Waals surface area contributed by atoms with Crippen molar-refractivity contribution in [3.05, 3.63) is 25.7 Å². The van der Waals surface area contributed by atoms with Crippen LogP contribution in [0.2, 0.25) is 0 Å². The molecule has 0 radical (unpaired) electrons. The first kappa shape index (κ1) is 20.1. The largest absolute Gasteiger partial charge is 0.356 e. The van der Waals surface area contributed by atoms with Gasteiger partial charge in [0.2, 0.25) is 5.95 Å². The van der Waals surface area contributed by atoms with Gasteiger partial charge >= 0.3 is 0 Å². The Labute approximate surface area is 172 Å². The number of hydrogen-bond acceptors (Lipinski definition) is 6. The zero-order valence-electron chi connectivity index (χ0n) is 15.3. The summed E-state index contributed by atoms with van der Waals surface area (Å²) in [5.74, 6) is 0.376. The van der Waals surface area contributed by atoms with Crippen LogP contribution in [0, 0.1) is 3.70 Å². The minimum Gasteiger partial charge on any atom is -0.356 e. The Morgan fingerprint density at radius 2 is 2.26 bits per heavy atom. The first-order valence-corrected chi connectivity index (χ1v) is 10.7. The van der Waals surface area contributed by atoms with E-state index in [0.29, 0.717) is 27.2 Å². The predicted octanol–water partition coefficient (Wildman–Crippen LogP) is 1.48. The number of aliphatic imine (C=N–C) groups is 1. The zero-order valence-corrected chi connectivity index (χ0v) is 18.3. The molecule has 0 saturated carbocycles. The SMILES string of the molecule is CN=C/C=C1\C[C@H](CCNc2nc3n[nH]c(I)c3c(=O)[nH]2)NS(=O)C1(C)C. The number of halogens is 1.